The molecular weight excluding hydrogens is 384 g/mol. The fourth-order valence-electron chi connectivity index (χ4n) is 2.32. The fourth-order valence-corrected chi connectivity index (χ4v) is 2.77. The molecule has 0 saturated carbocycles. The molecule has 152 valence electrons. The predicted molar refractivity (Wildman–Crippen MR) is 105 cm³/mol. The summed E-state index contributed by atoms with van der Waals surface area (Å²) in [5, 5.41) is 9.09. The quantitative estimate of drug-likeness (QED) is 0.476. The van der Waals surface area contributed by atoms with E-state index in [2.05, 4.69) is 0 Å². The summed E-state index contributed by atoms with van der Waals surface area (Å²) in [4.78, 5) is 11.1. The van der Waals surface area contributed by atoms with E-state index in [1.54, 1.807) is 30.3 Å². The smallest absolute Gasteiger partial charge is 0.347 e. The molecule has 0 saturated heterocycles. The zero-order chi connectivity index (χ0) is 20.8. The molecule has 2 aromatic carbocycles. The van der Waals surface area contributed by atoms with E-state index in [1.807, 2.05) is 12.1 Å². The Bertz CT molecular complexity index is 902. The molecule has 7 nitrogen and oxygen atoms in total. The van der Waals surface area contributed by atoms with Crippen molar-refractivity contribution in [2.75, 3.05) is 12.9 Å². The molecule has 2 rings (SSSR count). The van der Waals surface area contributed by atoms with Crippen LogP contribution in [0.15, 0.2) is 48.5 Å². The summed E-state index contributed by atoms with van der Waals surface area (Å²) in [5.74, 6) is 0.204. The Labute approximate surface area is 165 Å². The molecule has 28 heavy (non-hydrogen) atoms. The van der Waals surface area contributed by atoms with Gasteiger partial charge in [0.15, 0.2) is 5.60 Å². The number of aliphatic carboxylic acids is 1. The number of hydrogen-bond donors (Lipinski definition) is 1. The fraction of sp³-hybridized carbons (Fsp3) is 0.350. The third-order valence-electron chi connectivity index (χ3n) is 3.74. The number of rotatable bonds is 10. The molecule has 0 unspecified atom stereocenters. The Morgan fingerprint density at radius 2 is 1.68 bits per heavy atom. The van der Waals surface area contributed by atoms with Gasteiger partial charge in [-0.3, -0.25) is 0 Å². The zero-order valence-electron chi connectivity index (χ0n) is 16.0. The molecule has 0 bridgehead atoms. The van der Waals surface area contributed by atoms with Crippen molar-refractivity contribution in [3.05, 3.63) is 54.1 Å². The standard InChI is InChI=1S/C20H24O7S/c1-20(2,19(21)22)26-16-11-9-15(10-12-16)6-5-13-25-17-7-4-8-18(14-17)27-28(3,23)24/h4,7-12,14H,5-6,13H2,1-3H3,(H,21,22). The highest BCUT2D eigenvalue weighted by Crippen LogP contribution is 2.22. The topological polar surface area (TPSA) is 99.1 Å². The van der Waals surface area contributed by atoms with Gasteiger partial charge in [-0.25, -0.2) is 4.79 Å². The number of carbonyl (C=O) groups is 1. The van der Waals surface area contributed by atoms with Crippen LogP contribution in [-0.2, 0) is 21.3 Å². The maximum atomic E-state index is 11.2. The number of carboxylic acid groups (broad SMARTS) is 1. The molecule has 2 aromatic rings. The zero-order valence-corrected chi connectivity index (χ0v) is 16.9. The van der Waals surface area contributed by atoms with Crippen LogP contribution in [0.1, 0.15) is 25.8 Å². The highest BCUT2D eigenvalue weighted by atomic mass is 32.2. The van der Waals surface area contributed by atoms with Crippen LogP contribution in [0.2, 0.25) is 0 Å². The predicted octanol–water partition coefficient (Wildman–Crippen LogP) is 3.28. The van der Waals surface area contributed by atoms with Crippen LogP contribution < -0.4 is 13.7 Å². The van der Waals surface area contributed by atoms with E-state index in [1.165, 1.54) is 19.9 Å². The summed E-state index contributed by atoms with van der Waals surface area (Å²) in [5.41, 5.74) is -0.219. The normalized spacial score (nSPS) is 11.7. The third-order valence-corrected chi connectivity index (χ3v) is 4.24. The molecule has 0 radical (unpaired) electrons. The first kappa shape index (κ1) is 21.6. The molecule has 0 heterocycles. The lowest BCUT2D eigenvalue weighted by Gasteiger charge is -2.21. The van der Waals surface area contributed by atoms with Gasteiger partial charge in [0, 0.05) is 6.07 Å². The Morgan fingerprint density at radius 3 is 2.29 bits per heavy atom. The minimum atomic E-state index is -3.57. The van der Waals surface area contributed by atoms with Crippen molar-refractivity contribution in [2.45, 2.75) is 32.3 Å². The van der Waals surface area contributed by atoms with Crippen molar-refractivity contribution in [1.29, 1.82) is 0 Å². The maximum absolute atomic E-state index is 11.2. The van der Waals surface area contributed by atoms with Crippen LogP contribution in [0.4, 0.5) is 0 Å². The van der Waals surface area contributed by atoms with Gasteiger partial charge in [0.2, 0.25) is 0 Å². The minimum Gasteiger partial charge on any atom is -0.493 e. The van der Waals surface area contributed by atoms with Crippen molar-refractivity contribution in [3.8, 4) is 17.2 Å². The van der Waals surface area contributed by atoms with Gasteiger partial charge < -0.3 is 18.8 Å². The summed E-state index contributed by atoms with van der Waals surface area (Å²) in [7, 11) is -3.57. The first-order valence-corrected chi connectivity index (χ1v) is 10.5. The number of hydrogen-bond acceptors (Lipinski definition) is 6. The highest BCUT2D eigenvalue weighted by Gasteiger charge is 2.29. The Hall–Kier alpha value is -2.74. The molecule has 0 amide bonds. The molecular formula is C20H24O7S. The van der Waals surface area contributed by atoms with Gasteiger partial charge in [-0.05, 0) is 56.5 Å². The number of ether oxygens (including phenoxy) is 2. The van der Waals surface area contributed by atoms with Crippen LogP contribution in [0.3, 0.4) is 0 Å². The molecule has 0 atom stereocenters. The molecule has 1 N–H and O–H groups in total. The average Bonchev–Trinajstić information content (AvgIpc) is 2.58. The molecule has 0 fully saturated rings. The first-order valence-electron chi connectivity index (χ1n) is 8.69. The van der Waals surface area contributed by atoms with E-state index in [-0.39, 0.29) is 5.75 Å². The Balaban J connectivity index is 1.81. The van der Waals surface area contributed by atoms with Crippen LogP contribution in [0.25, 0.3) is 0 Å². The van der Waals surface area contributed by atoms with E-state index >= 15 is 0 Å². The third kappa shape index (κ3) is 7.11. The lowest BCUT2D eigenvalue weighted by Crippen LogP contribution is -2.37. The van der Waals surface area contributed by atoms with E-state index in [4.69, 9.17) is 18.8 Å². The monoisotopic (exact) mass is 408 g/mol. The number of carboxylic acids is 1. The van der Waals surface area contributed by atoms with Crippen LogP contribution in [-0.4, -0.2) is 38.0 Å². The lowest BCUT2D eigenvalue weighted by atomic mass is 10.1. The molecule has 0 aromatic heterocycles. The Morgan fingerprint density at radius 1 is 1.04 bits per heavy atom. The number of benzene rings is 2. The largest absolute Gasteiger partial charge is 0.493 e. The van der Waals surface area contributed by atoms with Crippen molar-refractivity contribution in [3.63, 3.8) is 0 Å². The van der Waals surface area contributed by atoms with Gasteiger partial charge in [-0.1, -0.05) is 18.2 Å². The van der Waals surface area contributed by atoms with E-state index in [0.717, 1.165) is 24.7 Å². The van der Waals surface area contributed by atoms with Crippen molar-refractivity contribution < 1.29 is 32.0 Å². The lowest BCUT2D eigenvalue weighted by molar-refractivity contribution is -0.152. The van der Waals surface area contributed by atoms with E-state index < -0.39 is 21.7 Å². The second-order valence-electron chi connectivity index (χ2n) is 6.78. The molecule has 0 aliphatic carbocycles. The summed E-state index contributed by atoms with van der Waals surface area (Å²) >= 11 is 0. The Kier molecular flexibility index (Phi) is 6.90. The van der Waals surface area contributed by atoms with Crippen molar-refractivity contribution >= 4 is 16.1 Å². The second kappa shape index (κ2) is 8.97. The summed E-state index contributed by atoms with van der Waals surface area (Å²) in [6.45, 7) is 3.44. The van der Waals surface area contributed by atoms with Gasteiger partial charge in [-0.15, -0.1) is 0 Å². The van der Waals surface area contributed by atoms with Gasteiger partial charge in [0.05, 0.1) is 12.9 Å². The summed E-state index contributed by atoms with van der Waals surface area (Å²) in [6, 6.07) is 13.7. The van der Waals surface area contributed by atoms with Gasteiger partial charge in [0.25, 0.3) is 0 Å². The van der Waals surface area contributed by atoms with Crippen LogP contribution in [0, 0.1) is 0 Å². The maximum Gasteiger partial charge on any atom is 0.347 e. The van der Waals surface area contributed by atoms with Gasteiger partial charge in [0.1, 0.15) is 17.2 Å². The summed E-state index contributed by atoms with van der Waals surface area (Å²) in [6.07, 6.45) is 2.50. The van der Waals surface area contributed by atoms with Gasteiger partial charge >= 0.3 is 16.1 Å². The van der Waals surface area contributed by atoms with E-state index in [0.29, 0.717) is 18.1 Å². The average molecular weight is 408 g/mol. The molecule has 0 aliphatic rings. The first-order chi connectivity index (χ1) is 13.0. The minimum absolute atomic E-state index is 0.208. The molecule has 0 spiro atoms. The van der Waals surface area contributed by atoms with Crippen molar-refractivity contribution in [1.82, 2.24) is 0 Å². The van der Waals surface area contributed by atoms with E-state index in [9.17, 15) is 13.2 Å². The SMILES string of the molecule is CC(C)(Oc1ccc(CCCOc2cccc(OS(C)(=O)=O)c2)cc1)C(=O)O. The van der Waals surface area contributed by atoms with Gasteiger partial charge in [-0.2, -0.15) is 8.42 Å². The summed E-state index contributed by atoms with van der Waals surface area (Å²) < 4.78 is 38.2. The van der Waals surface area contributed by atoms with Crippen LogP contribution in [0.5, 0.6) is 17.2 Å². The number of aryl methyl sites for hydroxylation is 1. The molecule has 8 heteroatoms. The second-order valence-corrected chi connectivity index (χ2v) is 8.35. The van der Waals surface area contributed by atoms with Crippen molar-refractivity contribution in [2.24, 2.45) is 0 Å². The van der Waals surface area contributed by atoms with Crippen LogP contribution >= 0.6 is 0 Å². The highest BCUT2D eigenvalue weighted by molar-refractivity contribution is 7.86. The molecule has 0 aliphatic heterocycles.